The Hall–Kier alpha value is -1.42. The van der Waals surface area contributed by atoms with Crippen LogP contribution in [0.5, 0.6) is 0 Å². The third kappa shape index (κ3) is 2.81. The van der Waals surface area contributed by atoms with Crippen molar-refractivity contribution in [3.8, 4) is 0 Å². The van der Waals surface area contributed by atoms with Crippen LogP contribution in [0, 0.1) is 6.92 Å². The highest BCUT2D eigenvalue weighted by molar-refractivity contribution is 5.94. The summed E-state index contributed by atoms with van der Waals surface area (Å²) in [5.41, 5.74) is 6.94. The predicted molar refractivity (Wildman–Crippen MR) is 55.0 cm³/mol. The largest absolute Gasteiger partial charge is 0.348 e. The molecule has 14 heavy (non-hydrogen) atoms. The van der Waals surface area contributed by atoms with Crippen molar-refractivity contribution in [1.82, 2.24) is 10.3 Å². The van der Waals surface area contributed by atoms with Gasteiger partial charge in [-0.05, 0) is 25.5 Å². The number of hydrogen-bond acceptors (Lipinski definition) is 3. The lowest BCUT2D eigenvalue weighted by molar-refractivity contribution is 0.0941. The van der Waals surface area contributed by atoms with Crippen molar-refractivity contribution >= 4 is 5.91 Å². The number of pyridine rings is 1. The van der Waals surface area contributed by atoms with Crippen molar-refractivity contribution in [1.29, 1.82) is 0 Å². The number of nitrogens with zero attached hydrogens (tertiary/aromatic N) is 1. The first-order valence-corrected chi connectivity index (χ1v) is 4.56. The first-order valence-electron chi connectivity index (χ1n) is 4.56. The van der Waals surface area contributed by atoms with E-state index in [-0.39, 0.29) is 11.9 Å². The zero-order valence-electron chi connectivity index (χ0n) is 8.45. The van der Waals surface area contributed by atoms with E-state index in [2.05, 4.69) is 10.3 Å². The maximum atomic E-state index is 11.6. The molecule has 0 saturated carbocycles. The number of rotatable bonds is 3. The van der Waals surface area contributed by atoms with Gasteiger partial charge in [0.25, 0.3) is 5.91 Å². The van der Waals surface area contributed by atoms with E-state index in [0.717, 1.165) is 5.56 Å². The van der Waals surface area contributed by atoms with Crippen LogP contribution in [-0.4, -0.2) is 23.5 Å². The lowest BCUT2D eigenvalue weighted by Crippen LogP contribution is -2.37. The number of carbonyl (C=O) groups excluding carboxylic acids is 1. The Labute approximate surface area is 83.5 Å². The Kier molecular flexibility index (Phi) is 3.59. The van der Waals surface area contributed by atoms with Gasteiger partial charge in [0.1, 0.15) is 0 Å². The van der Waals surface area contributed by atoms with Crippen LogP contribution >= 0.6 is 0 Å². The second-order valence-electron chi connectivity index (χ2n) is 3.36. The summed E-state index contributed by atoms with van der Waals surface area (Å²) in [7, 11) is 0. The van der Waals surface area contributed by atoms with Crippen molar-refractivity contribution in [3.05, 3.63) is 29.6 Å². The minimum atomic E-state index is -0.126. The molecule has 0 radical (unpaired) electrons. The van der Waals surface area contributed by atoms with Crippen molar-refractivity contribution in [2.24, 2.45) is 5.73 Å². The van der Waals surface area contributed by atoms with Crippen molar-refractivity contribution in [3.63, 3.8) is 0 Å². The highest BCUT2D eigenvalue weighted by Crippen LogP contribution is 2.01. The summed E-state index contributed by atoms with van der Waals surface area (Å²) in [5, 5.41) is 2.77. The van der Waals surface area contributed by atoms with E-state index in [1.165, 1.54) is 0 Å². The van der Waals surface area contributed by atoms with E-state index < -0.39 is 0 Å². The van der Waals surface area contributed by atoms with Gasteiger partial charge in [0.2, 0.25) is 0 Å². The van der Waals surface area contributed by atoms with Gasteiger partial charge in [-0.1, -0.05) is 0 Å². The van der Waals surface area contributed by atoms with Crippen LogP contribution in [-0.2, 0) is 0 Å². The second-order valence-corrected chi connectivity index (χ2v) is 3.36. The molecule has 1 aromatic rings. The number of hydrogen-bond donors (Lipinski definition) is 2. The quantitative estimate of drug-likeness (QED) is 0.733. The maximum Gasteiger partial charge on any atom is 0.253 e. The molecule has 0 bridgehead atoms. The molecule has 1 unspecified atom stereocenters. The second kappa shape index (κ2) is 4.72. The van der Waals surface area contributed by atoms with E-state index in [0.29, 0.717) is 12.1 Å². The lowest BCUT2D eigenvalue weighted by Gasteiger charge is -2.10. The van der Waals surface area contributed by atoms with Crippen LogP contribution in [0.1, 0.15) is 22.8 Å². The fraction of sp³-hybridized carbons (Fsp3) is 0.400. The molecule has 0 saturated heterocycles. The number of aryl methyl sites for hydroxylation is 1. The number of aromatic nitrogens is 1. The highest BCUT2D eigenvalue weighted by atomic mass is 16.1. The summed E-state index contributed by atoms with van der Waals surface area (Å²) < 4.78 is 0. The summed E-state index contributed by atoms with van der Waals surface area (Å²) in [4.78, 5) is 15.5. The minimum Gasteiger partial charge on any atom is -0.348 e. The fourth-order valence-electron chi connectivity index (χ4n) is 1.05. The minimum absolute atomic E-state index is 0.0111. The standard InChI is InChI=1S/C10H15N3O/c1-7-3-9(6-12-5-7)10(14)13-8(2)4-11/h3,5-6,8H,4,11H2,1-2H3,(H,13,14). The van der Waals surface area contributed by atoms with Gasteiger partial charge < -0.3 is 11.1 Å². The smallest absolute Gasteiger partial charge is 0.253 e. The molecule has 0 spiro atoms. The van der Waals surface area contributed by atoms with Gasteiger partial charge in [0.15, 0.2) is 0 Å². The Morgan fingerprint density at radius 1 is 1.64 bits per heavy atom. The third-order valence-corrected chi connectivity index (χ3v) is 1.87. The molecule has 0 aliphatic carbocycles. The molecule has 76 valence electrons. The molecule has 1 amide bonds. The molecule has 0 aliphatic rings. The molecule has 0 aliphatic heterocycles. The fourth-order valence-corrected chi connectivity index (χ4v) is 1.05. The van der Waals surface area contributed by atoms with Gasteiger partial charge in [-0.2, -0.15) is 0 Å². The Morgan fingerprint density at radius 3 is 2.93 bits per heavy atom. The molecular weight excluding hydrogens is 178 g/mol. The van der Waals surface area contributed by atoms with Crippen molar-refractivity contribution in [2.45, 2.75) is 19.9 Å². The van der Waals surface area contributed by atoms with Gasteiger partial charge in [-0.3, -0.25) is 9.78 Å². The zero-order chi connectivity index (χ0) is 10.6. The van der Waals surface area contributed by atoms with E-state index in [9.17, 15) is 4.79 Å². The number of amides is 1. The lowest BCUT2D eigenvalue weighted by atomic mass is 10.2. The predicted octanol–water partition coefficient (Wildman–Crippen LogP) is 0.467. The number of carbonyl (C=O) groups is 1. The van der Waals surface area contributed by atoms with Crippen LogP contribution in [0.15, 0.2) is 18.5 Å². The monoisotopic (exact) mass is 193 g/mol. The highest BCUT2D eigenvalue weighted by Gasteiger charge is 2.08. The molecular formula is C10H15N3O. The van der Waals surface area contributed by atoms with Crippen molar-refractivity contribution in [2.75, 3.05) is 6.54 Å². The van der Waals surface area contributed by atoms with E-state index in [1.54, 1.807) is 18.5 Å². The Balaban J connectivity index is 2.70. The average molecular weight is 193 g/mol. The summed E-state index contributed by atoms with van der Waals surface area (Å²) in [6.07, 6.45) is 3.26. The van der Waals surface area contributed by atoms with Crippen molar-refractivity contribution < 1.29 is 4.79 Å². The first-order chi connectivity index (χ1) is 6.63. The van der Waals surface area contributed by atoms with Gasteiger partial charge in [0, 0.05) is 25.0 Å². The average Bonchev–Trinajstić information content (AvgIpc) is 2.17. The zero-order valence-corrected chi connectivity index (χ0v) is 8.45. The topological polar surface area (TPSA) is 68.0 Å². The summed E-state index contributed by atoms with van der Waals surface area (Å²) in [6.45, 7) is 4.20. The van der Waals surface area contributed by atoms with Gasteiger partial charge in [-0.15, -0.1) is 0 Å². The summed E-state index contributed by atoms with van der Waals surface area (Å²) >= 11 is 0. The van der Waals surface area contributed by atoms with Gasteiger partial charge in [-0.25, -0.2) is 0 Å². The third-order valence-electron chi connectivity index (χ3n) is 1.87. The molecule has 4 nitrogen and oxygen atoms in total. The van der Waals surface area contributed by atoms with Crippen LogP contribution in [0.25, 0.3) is 0 Å². The normalized spacial score (nSPS) is 12.2. The molecule has 4 heteroatoms. The molecule has 1 heterocycles. The van der Waals surface area contributed by atoms with Crippen LogP contribution in [0.3, 0.4) is 0 Å². The summed E-state index contributed by atoms with van der Waals surface area (Å²) in [5.74, 6) is -0.126. The number of nitrogens with two attached hydrogens (primary N) is 1. The molecule has 3 N–H and O–H groups in total. The molecule has 1 rings (SSSR count). The molecule has 0 fully saturated rings. The van der Waals surface area contributed by atoms with Crippen LogP contribution in [0.2, 0.25) is 0 Å². The first kappa shape index (κ1) is 10.7. The Morgan fingerprint density at radius 2 is 2.36 bits per heavy atom. The van der Waals surface area contributed by atoms with Crippen LogP contribution in [0.4, 0.5) is 0 Å². The van der Waals surface area contributed by atoms with Gasteiger partial charge in [0.05, 0.1) is 5.56 Å². The van der Waals surface area contributed by atoms with Crippen LogP contribution < -0.4 is 11.1 Å². The SMILES string of the molecule is Cc1cncc(C(=O)NC(C)CN)c1. The summed E-state index contributed by atoms with van der Waals surface area (Å²) in [6, 6.07) is 1.79. The Bertz CT molecular complexity index is 325. The molecule has 1 atom stereocenters. The van der Waals surface area contributed by atoms with E-state index in [1.807, 2.05) is 13.8 Å². The molecule has 1 aromatic heterocycles. The number of nitrogens with one attached hydrogen (secondary N) is 1. The molecule has 0 aromatic carbocycles. The van der Waals surface area contributed by atoms with Gasteiger partial charge >= 0.3 is 0 Å². The van der Waals surface area contributed by atoms with E-state index in [4.69, 9.17) is 5.73 Å². The van der Waals surface area contributed by atoms with E-state index >= 15 is 0 Å². The maximum absolute atomic E-state index is 11.6.